The van der Waals surface area contributed by atoms with Crippen LogP contribution in [-0.2, 0) is 0 Å². The van der Waals surface area contributed by atoms with Crippen molar-refractivity contribution in [2.45, 2.75) is 19.8 Å². The summed E-state index contributed by atoms with van der Waals surface area (Å²) in [5.41, 5.74) is 1.48. The molecule has 0 amide bonds. The Kier molecular flexibility index (Phi) is 5.29. The Labute approximate surface area is 110 Å². The molecule has 98 valence electrons. The van der Waals surface area contributed by atoms with E-state index in [9.17, 15) is 0 Å². The zero-order chi connectivity index (χ0) is 12.1. The van der Waals surface area contributed by atoms with Gasteiger partial charge in [-0.15, -0.1) is 0 Å². The van der Waals surface area contributed by atoms with Crippen LogP contribution < -0.4 is 5.32 Å². The molecule has 0 unspecified atom stereocenters. The van der Waals surface area contributed by atoms with Crippen molar-refractivity contribution < 1.29 is 0 Å². The zero-order valence-corrected chi connectivity index (χ0v) is 11.6. The molecular formula is C13H24ClN3. The normalized spacial score (nSPS) is 24.0. The van der Waals surface area contributed by atoms with Crippen molar-refractivity contribution in [1.29, 1.82) is 0 Å². The molecule has 2 aliphatic rings. The van der Waals surface area contributed by atoms with E-state index in [-0.39, 0.29) is 0 Å². The number of likely N-dealkylation sites (N-methyl/N-ethyl adjacent to an activating group) is 1. The summed E-state index contributed by atoms with van der Waals surface area (Å²) in [4.78, 5) is 4.99. The summed E-state index contributed by atoms with van der Waals surface area (Å²) in [5.74, 6) is 0. The lowest BCUT2D eigenvalue weighted by Crippen LogP contribution is -2.46. The van der Waals surface area contributed by atoms with Crippen molar-refractivity contribution in [2.75, 3.05) is 52.4 Å². The molecule has 3 nitrogen and oxygen atoms in total. The first-order chi connectivity index (χ1) is 8.29. The van der Waals surface area contributed by atoms with Crippen molar-refractivity contribution in [3.8, 4) is 0 Å². The fourth-order valence-corrected chi connectivity index (χ4v) is 2.93. The van der Waals surface area contributed by atoms with E-state index < -0.39 is 0 Å². The van der Waals surface area contributed by atoms with Crippen molar-refractivity contribution in [3.63, 3.8) is 0 Å². The number of halogens is 1. The molecule has 0 aromatic rings. The number of hydrogen-bond acceptors (Lipinski definition) is 3. The van der Waals surface area contributed by atoms with Crippen LogP contribution in [0.3, 0.4) is 0 Å². The fourth-order valence-electron chi connectivity index (χ4n) is 2.57. The Morgan fingerprint density at radius 1 is 1.12 bits per heavy atom. The number of piperazine rings is 1. The molecule has 2 rings (SSSR count). The van der Waals surface area contributed by atoms with Gasteiger partial charge in [0.15, 0.2) is 0 Å². The Morgan fingerprint density at radius 3 is 2.29 bits per heavy atom. The van der Waals surface area contributed by atoms with E-state index >= 15 is 0 Å². The number of nitrogens with zero attached hydrogens (tertiary/aromatic N) is 2. The molecule has 0 spiro atoms. The Balaban J connectivity index is 1.80. The molecule has 1 N–H and O–H groups in total. The number of hydrogen-bond donors (Lipinski definition) is 1. The molecule has 2 fully saturated rings. The van der Waals surface area contributed by atoms with Crippen LogP contribution in [0.15, 0.2) is 10.6 Å². The monoisotopic (exact) mass is 257 g/mol. The van der Waals surface area contributed by atoms with Gasteiger partial charge in [-0.1, -0.05) is 24.1 Å². The maximum absolute atomic E-state index is 6.46. The van der Waals surface area contributed by atoms with Crippen LogP contribution in [0.5, 0.6) is 0 Å². The van der Waals surface area contributed by atoms with Crippen molar-refractivity contribution in [2.24, 2.45) is 0 Å². The van der Waals surface area contributed by atoms with E-state index in [1.54, 1.807) is 0 Å². The van der Waals surface area contributed by atoms with Gasteiger partial charge in [0.05, 0.1) is 0 Å². The van der Waals surface area contributed by atoms with Gasteiger partial charge in [0.2, 0.25) is 0 Å². The third-order valence-corrected chi connectivity index (χ3v) is 4.25. The van der Waals surface area contributed by atoms with Gasteiger partial charge < -0.3 is 10.2 Å². The van der Waals surface area contributed by atoms with Gasteiger partial charge in [-0.25, -0.2) is 0 Å². The Hall–Kier alpha value is -0.0900. The first kappa shape index (κ1) is 13.3. The molecule has 0 bridgehead atoms. The van der Waals surface area contributed by atoms with E-state index in [2.05, 4.69) is 22.0 Å². The highest BCUT2D eigenvalue weighted by atomic mass is 35.5. The molecule has 17 heavy (non-hydrogen) atoms. The van der Waals surface area contributed by atoms with E-state index in [0.717, 1.165) is 50.6 Å². The molecule has 0 aliphatic carbocycles. The summed E-state index contributed by atoms with van der Waals surface area (Å²) in [5, 5.41) is 4.48. The highest BCUT2D eigenvalue weighted by Crippen LogP contribution is 2.20. The SMILES string of the molecule is CCN1CCN(CC(Cl)=C2CCNCC2)CC1. The zero-order valence-electron chi connectivity index (χ0n) is 10.8. The highest BCUT2D eigenvalue weighted by molar-refractivity contribution is 6.30. The molecule has 2 saturated heterocycles. The molecule has 4 heteroatoms. The first-order valence-electron chi connectivity index (χ1n) is 6.81. The van der Waals surface area contributed by atoms with Crippen LogP contribution in [0.4, 0.5) is 0 Å². The molecular weight excluding hydrogens is 234 g/mol. The van der Waals surface area contributed by atoms with E-state index in [4.69, 9.17) is 11.6 Å². The molecule has 2 heterocycles. The third-order valence-electron chi connectivity index (χ3n) is 3.87. The average molecular weight is 258 g/mol. The Morgan fingerprint density at radius 2 is 1.71 bits per heavy atom. The van der Waals surface area contributed by atoms with Gasteiger partial charge in [-0.3, -0.25) is 4.90 Å². The minimum atomic E-state index is 0.967. The van der Waals surface area contributed by atoms with Crippen LogP contribution in [0.25, 0.3) is 0 Å². The van der Waals surface area contributed by atoms with Crippen molar-refractivity contribution >= 4 is 11.6 Å². The van der Waals surface area contributed by atoms with Crippen LogP contribution in [0.2, 0.25) is 0 Å². The standard InChI is InChI=1S/C13H24ClN3/c1-2-16-7-9-17(10-8-16)11-13(14)12-3-5-15-6-4-12/h15H,2-11H2,1H3. The van der Waals surface area contributed by atoms with Gasteiger partial charge in [-0.05, 0) is 32.5 Å². The third kappa shape index (κ3) is 3.95. The van der Waals surface area contributed by atoms with Crippen LogP contribution in [0, 0.1) is 0 Å². The summed E-state index contributed by atoms with van der Waals surface area (Å²) in [6, 6.07) is 0. The van der Waals surface area contributed by atoms with Gasteiger partial charge in [0.25, 0.3) is 0 Å². The van der Waals surface area contributed by atoms with Crippen LogP contribution in [-0.4, -0.2) is 62.2 Å². The largest absolute Gasteiger partial charge is 0.316 e. The second-order valence-corrected chi connectivity index (χ2v) is 5.43. The summed E-state index contributed by atoms with van der Waals surface area (Å²) in [6.07, 6.45) is 2.27. The van der Waals surface area contributed by atoms with E-state index in [1.807, 2.05) is 0 Å². The lowest BCUT2D eigenvalue weighted by Gasteiger charge is -2.34. The predicted molar refractivity (Wildman–Crippen MR) is 73.5 cm³/mol. The lowest BCUT2D eigenvalue weighted by atomic mass is 10.1. The minimum absolute atomic E-state index is 0.967. The first-order valence-corrected chi connectivity index (χ1v) is 7.19. The Bertz CT molecular complexity index is 262. The summed E-state index contributed by atoms with van der Waals surface area (Å²) in [7, 11) is 0. The van der Waals surface area contributed by atoms with Crippen molar-refractivity contribution in [1.82, 2.24) is 15.1 Å². The lowest BCUT2D eigenvalue weighted by molar-refractivity contribution is 0.147. The predicted octanol–water partition coefficient (Wildman–Crippen LogP) is 1.50. The molecule has 0 aromatic carbocycles. The summed E-state index contributed by atoms with van der Waals surface area (Å²) >= 11 is 6.46. The van der Waals surface area contributed by atoms with E-state index in [0.29, 0.717) is 0 Å². The second kappa shape index (κ2) is 6.74. The summed E-state index contributed by atoms with van der Waals surface area (Å²) < 4.78 is 0. The average Bonchev–Trinajstić information content (AvgIpc) is 2.40. The minimum Gasteiger partial charge on any atom is -0.316 e. The second-order valence-electron chi connectivity index (χ2n) is 4.97. The quantitative estimate of drug-likeness (QED) is 0.827. The molecule has 0 atom stereocenters. The molecule has 0 saturated carbocycles. The van der Waals surface area contributed by atoms with Gasteiger partial charge >= 0.3 is 0 Å². The van der Waals surface area contributed by atoms with Gasteiger partial charge in [0.1, 0.15) is 0 Å². The number of rotatable bonds is 3. The van der Waals surface area contributed by atoms with Crippen molar-refractivity contribution in [3.05, 3.63) is 10.6 Å². The van der Waals surface area contributed by atoms with Crippen LogP contribution in [0.1, 0.15) is 19.8 Å². The number of piperidine rings is 1. The summed E-state index contributed by atoms with van der Waals surface area (Å²) in [6.45, 7) is 11.3. The maximum atomic E-state index is 6.46. The van der Waals surface area contributed by atoms with Gasteiger partial charge in [0, 0.05) is 37.8 Å². The highest BCUT2D eigenvalue weighted by Gasteiger charge is 2.17. The van der Waals surface area contributed by atoms with E-state index in [1.165, 1.54) is 25.2 Å². The van der Waals surface area contributed by atoms with Gasteiger partial charge in [-0.2, -0.15) is 0 Å². The van der Waals surface area contributed by atoms with Crippen LogP contribution >= 0.6 is 11.6 Å². The fraction of sp³-hybridized carbons (Fsp3) is 0.846. The molecule has 0 aromatic heterocycles. The maximum Gasteiger partial charge on any atom is 0.0342 e. The number of nitrogens with one attached hydrogen (secondary N) is 1. The smallest absolute Gasteiger partial charge is 0.0342 e. The topological polar surface area (TPSA) is 18.5 Å². The molecule has 0 radical (unpaired) electrons. The molecule has 2 aliphatic heterocycles.